The lowest BCUT2D eigenvalue weighted by molar-refractivity contribution is -0.0968. The lowest BCUT2D eigenvalue weighted by atomic mass is 10.1. The molecule has 1 aliphatic heterocycles. The molecule has 5 N–H and O–H groups in total. The molecule has 0 spiro atoms. The number of hydrogen-bond acceptors (Lipinski definition) is 6. The Morgan fingerprint density at radius 3 is 2.91 bits per heavy atom. The van der Waals surface area contributed by atoms with Crippen LogP contribution in [0.3, 0.4) is 0 Å². The Hall–Kier alpha value is -1.90. The summed E-state index contributed by atoms with van der Waals surface area (Å²) in [5, 5.41) is 12.3. The first-order valence-electron chi connectivity index (χ1n) is 7.76. The molecule has 0 saturated carbocycles. The van der Waals surface area contributed by atoms with Gasteiger partial charge in [-0.05, 0) is 25.7 Å². The Kier molecular flexibility index (Phi) is 6.14. The van der Waals surface area contributed by atoms with Crippen LogP contribution in [-0.2, 0) is 11.2 Å². The summed E-state index contributed by atoms with van der Waals surface area (Å²) in [6.45, 7) is 4.48. The molecule has 23 heavy (non-hydrogen) atoms. The van der Waals surface area contributed by atoms with Crippen molar-refractivity contribution in [2.45, 2.75) is 38.0 Å². The fourth-order valence-corrected chi connectivity index (χ4v) is 2.54. The molecule has 0 aromatic carbocycles. The van der Waals surface area contributed by atoms with Gasteiger partial charge in [0.2, 0.25) is 0 Å². The van der Waals surface area contributed by atoms with Gasteiger partial charge in [0.1, 0.15) is 0 Å². The molecule has 128 valence electrons. The van der Waals surface area contributed by atoms with Crippen molar-refractivity contribution < 1.29 is 9.84 Å². The van der Waals surface area contributed by atoms with Crippen molar-refractivity contribution in [1.29, 1.82) is 0 Å². The van der Waals surface area contributed by atoms with Gasteiger partial charge in [-0.25, -0.2) is 4.79 Å². The maximum Gasteiger partial charge on any atom is 0.330 e. The molecule has 0 radical (unpaired) electrons. The number of allylic oxidation sites excluding steroid dienone is 1. The van der Waals surface area contributed by atoms with E-state index in [4.69, 9.17) is 10.5 Å². The van der Waals surface area contributed by atoms with Crippen LogP contribution in [0.25, 0.3) is 0 Å². The SMILES string of the molecule is C=C(N)CCCCc1cn(C2CNCC(CO)O2)c(=O)[nH]c1=O. The summed E-state index contributed by atoms with van der Waals surface area (Å²) < 4.78 is 7.02. The summed E-state index contributed by atoms with van der Waals surface area (Å²) in [5.41, 5.74) is 5.78. The van der Waals surface area contributed by atoms with E-state index in [0.717, 1.165) is 12.8 Å². The van der Waals surface area contributed by atoms with Crippen LogP contribution in [0.4, 0.5) is 0 Å². The Balaban J connectivity index is 2.11. The van der Waals surface area contributed by atoms with Gasteiger partial charge in [-0.3, -0.25) is 14.3 Å². The van der Waals surface area contributed by atoms with E-state index in [1.807, 2.05) is 0 Å². The highest BCUT2D eigenvalue weighted by molar-refractivity contribution is 5.05. The zero-order valence-corrected chi connectivity index (χ0v) is 13.1. The number of hydrogen-bond donors (Lipinski definition) is 4. The fourth-order valence-electron chi connectivity index (χ4n) is 2.54. The second-order valence-corrected chi connectivity index (χ2v) is 5.74. The van der Waals surface area contributed by atoms with Gasteiger partial charge in [0, 0.05) is 30.5 Å². The standard InChI is InChI=1S/C15H24N4O4/c1-10(16)4-2-3-5-11-8-19(15(22)18-14(11)21)13-7-17-6-12(9-20)23-13/h8,12-13,17,20H,1-7,9,16H2,(H,18,21,22). The summed E-state index contributed by atoms with van der Waals surface area (Å²) in [7, 11) is 0. The highest BCUT2D eigenvalue weighted by Gasteiger charge is 2.24. The molecule has 1 aliphatic rings. The minimum Gasteiger partial charge on any atom is -0.403 e. The minimum absolute atomic E-state index is 0.128. The highest BCUT2D eigenvalue weighted by Crippen LogP contribution is 2.13. The van der Waals surface area contributed by atoms with Gasteiger partial charge in [0.05, 0.1) is 12.7 Å². The minimum atomic E-state index is -0.548. The Bertz CT molecular complexity index is 652. The van der Waals surface area contributed by atoms with E-state index >= 15 is 0 Å². The molecule has 2 heterocycles. The number of nitrogens with zero attached hydrogens (tertiary/aromatic N) is 1. The van der Waals surface area contributed by atoms with E-state index in [1.54, 1.807) is 6.20 Å². The largest absolute Gasteiger partial charge is 0.403 e. The molecule has 2 atom stereocenters. The average Bonchev–Trinajstić information content (AvgIpc) is 2.53. The van der Waals surface area contributed by atoms with E-state index in [0.29, 0.717) is 37.2 Å². The van der Waals surface area contributed by atoms with E-state index in [-0.39, 0.29) is 18.3 Å². The van der Waals surface area contributed by atoms with Crippen LogP contribution >= 0.6 is 0 Å². The summed E-state index contributed by atoms with van der Waals surface area (Å²) in [5.74, 6) is 0. The number of rotatable bonds is 7. The van der Waals surface area contributed by atoms with Crippen molar-refractivity contribution in [3.63, 3.8) is 0 Å². The predicted molar refractivity (Wildman–Crippen MR) is 86.1 cm³/mol. The van der Waals surface area contributed by atoms with E-state index < -0.39 is 11.9 Å². The molecule has 2 unspecified atom stereocenters. The molecule has 1 saturated heterocycles. The van der Waals surface area contributed by atoms with Crippen LogP contribution in [-0.4, -0.2) is 40.5 Å². The Labute approximate surface area is 134 Å². The third-order valence-corrected chi connectivity index (χ3v) is 3.79. The van der Waals surface area contributed by atoms with Crippen LogP contribution in [0.5, 0.6) is 0 Å². The van der Waals surface area contributed by atoms with Gasteiger partial charge in [-0.2, -0.15) is 0 Å². The summed E-state index contributed by atoms with van der Waals surface area (Å²) >= 11 is 0. The van der Waals surface area contributed by atoms with E-state index in [9.17, 15) is 14.7 Å². The summed E-state index contributed by atoms with van der Waals surface area (Å²) in [6.07, 6.45) is 3.50. The fraction of sp³-hybridized carbons (Fsp3) is 0.600. The molecule has 2 rings (SSSR count). The maximum absolute atomic E-state index is 12.0. The first kappa shape index (κ1) is 17.5. The third kappa shape index (κ3) is 4.78. The third-order valence-electron chi connectivity index (χ3n) is 3.79. The normalized spacial score (nSPS) is 21.3. The average molecular weight is 324 g/mol. The van der Waals surface area contributed by atoms with Crippen LogP contribution in [0.2, 0.25) is 0 Å². The number of aliphatic hydroxyl groups is 1. The quantitative estimate of drug-likeness (QED) is 0.487. The second kappa shape index (κ2) is 8.09. The number of ether oxygens (including phenoxy) is 1. The first-order valence-corrected chi connectivity index (χ1v) is 7.76. The predicted octanol–water partition coefficient (Wildman–Crippen LogP) is -0.799. The van der Waals surface area contributed by atoms with Crippen molar-refractivity contribution in [3.05, 3.63) is 44.9 Å². The number of nitrogens with one attached hydrogen (secondary N) is 2. The van der Waals surface area contributed by atoms with Gasteiger partial charge < -0.3 is 20.9 Å². The maximum atomic E-state index is 12.0. The molecule has 1 fully saturated rings. The molecular formula is C15H24N4O4. The van der Waals surface area contributed by atoms with Gasteiger partial charge in [-0.1, -0.05) is 6.58 Å². The van der Waals surface area contributed by atoms with Crippen molar-refractivity contribution >= 4 is 0 Å². The van der Waals surface area contributed by atoms with Crippen molar-refractivity contribution in [2.75, 3.05) is 19.7 Å². The van der Waals surface area contributed by atoms with Crippen LogP contribution in [0, 0.1) is 0 Å². The van der Waals surface area contributed by atoms with Gasteiger partial charge in [0.25, 0.3) is 5.56 Å². The number of nitrogens with two attached hydrogens (primary N) is 1. The number of unbranched alkanes of at least 4 members (excludes halogenated alkanes) is 1. The van der Waals surface area contributed by atoms with Gasteiger partial charge >= 0.3 is 5.69 Å². The van der Waals surface area contributed by atoms with Crippen LogP contribution < -0.4 is 22.3 Å². The van der Waals surface area contributed by atoms with Gasteiger partial charge in [0.15, 0.2) is 6.23 Å². The van der Waals surface area contributed by atoms with Crippen LogP contribution in [0.1, 0.15) is 31.1 Å². The number of aromatic amines is 1. The topological polar surface area (TPSA) is 122 Å². The van der Waals surface area contributed by atoms with Crippen molar-refractivity contribution in [1.82, 2.24) is 14.9 Å². The molecule has 8 nitrogen and oxygen atoms in total. The molecule has 0 aliphatic carbocycles. The lowest BCUT2D eigenvalue weighted by Gasteiger charge is -2.30. The zero-order chi connectivity index (χ0) is 16.8. The highest BCUT2D eigenvalue weighted by atomic mass is 16.5. The second-order valence-electron chi connectivity index (χ2n) is 5.74. The van der Waals surface area contributed by atoms with Crippen molar-refractivity contribution in [3.8, 4) is 0 Å². The number of aromatic nitrogens is 2. The monoisotopic (exact) mass is 324 g/mol. The number of aryl methyl sites for hydroxylation is 1. The molecule has 0 bridgehead atoms. The molecular weight excluding hydrogens is 300 g/mol. The Morgan fingerprint density at radius 2 is 2.22 bits per heavy atom. The smallest absolute Gasteiger partial charge is 0.330 e. The summed E-state index contributed by atoms with van der Waals surface area (Å²) in [6, 6.07) is 0. The van der Waals surface area contributed by atoms with E-state index in [2.05, 4.69) is 16.9 Å². The van der Waals surface area contributed by atoms with Gasteiger partial charge in [-0.15, -0.1) is 0 Å². The number of morpholine rings is 1. The Morgan fingerprint density at radius 1 is 1.43 bits per heavy atom. The molecule has 8 heteroatoms. The zero-order valence-electron chi connectivity index (χ0n) is 13.1. The lowest BCUT2D eigenvalue weighted by Crippen LogP contribution is -2.47. The summed E-state index contributed by atoms with van der Waals surface area (Å²) in [4.78, 5) is 26.3. The van der Waals surface area contributed by atoms with Crippen LogP contribution in [0.15, 0.2) is 28.1 Å². The first-order chi connectivity index (χ1) is 11.0. The van der Waals surface area contributed by atoms with E-state index in [1.165, 1.54) is 4.57 Å². The van der Waals surface area contributed by atoms with Crippen molar-refractivity contribution in [2.24, 2.45) is 5.73 Å². The number of aliphatic hydroxyl groups excluding tert-OH is 1. The molecule has 1 aromatic heterocycles. The molecule has 1 aromatic rings. The number of H-pyrrole nitrogens is 1. The molecule has 0 amide bonds.